The minimum absolute atomic E-state index is 0.183. The summed E-state index contributed by atoms with van der Waals surface area (Å²) in [5.41, 5.74) is 13.0. The molecule has 0 saturated heterocycles. The molecule has 0 atom stereocenters. The second kappa shape index (κ2) is 10.2. The zero-order valence-corrected chi connectivity index (χ0v) is 27.5. The molecule has 9 aromatic rings. The van der Waals surface area contributed by atoms with Gasteiger partial charge in [0, 0.05) is 48.7 Å². The monoisotopic (exact) mass is 633 g/mol. The fourth-order valence-corrected chi connectivity index (χ4v) is 9.14. The van der Waals surface area contributed by atoms with Crippen LogP contribution in [0.25, 0.3) is 64.4 Å². The van der Waals surface area contributed by atoms with Crippen LogP contribution in [0.4, 0.5) is 17.1 Å². The zero-order chi connectivity index (χ0) is 32.0. The van der Waals surface area contributed by atoms with Gasteiger partial charge in [-0.05, 0) is 94.0 Å². The Morgan fingerprint density at radius 3 is 1.90 bits per heavy atom. The Labute approximate surface area is 283 Å². The number of benzene rings is 7. The van der Waals surface area contributed by atoms with Crippen LogP contribution in [0.2, 0.25) is 0 Å². The molecule has 0 amide bonds. The van der Waals surface area contributed by atoms with Crippen LogP contribution in [0.3, 0.4) is 0 Å². The summed E-state index contributed by atoms with van der Waals surface area (Å²) in [7, 11) is 0. The van der Waals surface area contributed by atoms with Crippen molar-refractivity contribution in [1.29, 1.82) is 0 Å². The summed E-state index contributed by atoms with van der Waals surface area (Å²) in [5, 5.41) is 4.90. The molecule has 7 aromatic carbocycles. The maximum Gasteiger partial charge on any atom is 0.153 e. The third-order valence-electron chi connectivity index (χ3n) is 10.3. The number of nitrogens with zero attached hydrogens (tertiary/aromatic N) is 1. The van der Waals surface area contributed by atoms with Gasteiger partial charge < -0.3 is 9.32 Å². The van der Waals surface area contributed by atoms with Crippen LogP contribution in [-0.4, -0.2) is 0 Å². The van der Waals surface area contributed by atoms with Gasteiger partial charge in [-0.15, -0.1) is 11.3 Å². The van der Waals surface area contributed by atoms with E-state index in [2.05, 4.69) is 170 Å². The quantitative estimate of drug-likeness (QED) is 0.192. The predicted octanol–water partition coefficient (Wildman–Crippen LogP) is 13.4. The third kappa shape index (κ3) is 3.92. The van der Waals surface area contributed by atoms with E-state index >= 15 is 0 Å². The highest BCUT2D eigenvalue weighted by Crippen LogP contribution is 2.53. The van der Waals surface area contributed by atoms with E-state index in [4.69, 9.17) is 4.42 Å². The number of para-hydroxylation sites is 3. The highest BCUT2D eigenvalue weighted by Gasteiger charge is 2.36. The van der Waals surface area contributed by atoms with Crippen LogP contribution in [0.15, 0.2) is 156 Å². The molecule has 10 rings (SSSR count). The van der Waals surface area contributed by atoms with Crippen LogP contribution in [0.1, 0.15) is 25.0 Å². The summed E-state index contributed by atoms with van der Waals surface area (Å²) in [4.78, 5) is 2.35. The van der Waals surface area contributed by atoms with E-state index in [1.54, 1.807) is 0 Å². The predicted molar refractivity (Wildman–Crippen MR) is 204 cm³/mol. The lowest BCUT2D eigenvalue weighted by atomic mass is 9.81. The van der Waals surface area contributed by atoms with E-state index in [-0.39, 0.29) is 5.41 Å². The van der Waals surface area contributed by atoms with Gasteiger partial charge in [0.1, 0.15) is 5.58 Å². The Hall–Kier alpha value is -5.64. The zero-order valence-electron chi connectivity index (χ0n) is 26.7. The van der Waals surface area contributed by atoms with Crippen LogP contribution < -0.4 is 4.90 Å². The number of hydrogen-bond acceptors (Lipinski definition) is 3. The van der Waals surface area contributed by atoms with Crippen molar-refractivity contribution < 1.29 is 4.42 Å². The molecule has 1 aliphatic rings. The van der Waals surface area contributed by atoms with Gasteiger partial charge >= 0.3 is 0 Å². The van der Waals surface area contributed by atoms with Crippen molar-refractivity contribution in [3.05, 3.63) is 163 Å². The SMILES string of the molecule is CC1(C)c2cc(-c3cc4c5ccccc5oc4c4sc5ccccc5c34)ccc2-c2ccc(N(c3ccccc3)c3ccccc3)cc21. The number of anilines is 3. The molecule has 0 fully saturated rings. The molecular weight excluding hydrogens is 603 g/mol. The largest absolute Gasteiger partial charge is 0.455 e. The van der Waals surface area contributed by atoms with Crippen molar-refractivity contribution in [1.82, 2.24) is 0 Å². The summed E-state index contributed by atoms with van der Waals surface area (Å²) in [5.74, 6) is 0. The lowest BCUT2D eigenvalue weighted by molar-refractivity contribution is 0.660. The van der Waals surface area contributed by atoms with E-state index in [0.717, 1.165) is 33.6 Å². The molecular formula is C45H31NOS. The van der Waals surface area contributed by atoms with Gasteiger partial charge in [0.25, 0.3) is 0 Å². The fraction of sp³-hybridized carbons (Fsp3) is 0.0667. The fourth-order valence-electron chi connectivity index (χ4n) is 7.93. The number of fused-ring (bicyclic) bond motifs is 10. The molecule has 2 aromatic heterocycles. The van der Waals surface area contributed by atoms with E-state index in [0.29, 0.717) is 0 Å². The minimum atomic E-state index is -0.183. The van der Waals surface area contributed by atoms with E-state index in [9.17, 15) is 0 Å². The number of furan rings is 1. The smallest absolute Gasteiger partial charge is 0.153 e. The molecule has 0 N–H and O–H groups in total. The van der Waals surface area contributed by atoms with Crippen molar-refractivity contribution in [3.63, 3.8) is 0 Å². The lowest BCUT2D eigenvalue weighted by Gasteiger charge is -2.28. The molecule has 0 radical (unpaired) electrons. The second-order valence-electron chi connectivity index (χ2n) is 13.3. The molecule has 0 saturated carbocycles. The van der Waals surface area contributed by atoms with Gasteiger partial charge in [0.05, 0.1) is 4.70 Å². The first kappa shape index (κ1) is 27.5. The maximum absolute atomic E-state index is 6.54. The van der Waals surface area contributed by atoms with Crippen molar-refractivity contribution >= 4 is 70.5 Å². The van der Waals surface area contributed by atoms with E-state index in [1.807, 2.05) is 11.3 Å². The average Bonchev–Trinajstić information content (AvgIpc) is 3.77. The molecule has 0 unspecified atom stereocenters. The van der Waals surface area contributed by atoms with Crippen molar-refractivity contribution in [3.8, 4) is 22.3 Å². The summed E-state index contributed by atoms with van der Waals surface area (Å²) >= 11 is 1.83. The lowest BCUT2D eigenvalue weighted by Crippen LogP contribution is -2.16. The first-order chi connectivity index (χ1) is 23.6. The average molecular weight is 634 g/mol. The summed E-state index contributed by atoms with van der Waals surface area (Å²) < 4.78 is 9.04. The topological polar surface area (TPSA) is 16.4 Å². The summed E-state index contributed by atoms with van der Waals surface area (Å²) in [6.07, 6.45) is 0. The molecule has 1 aliphatic carbocycles. The Morgan fingerprint density at radius 2 is 1.15 bits per heavy atom. The normalized spacial score (nSPS) is 13.4. The molecule has 2 nitrogen and oxygen atoms in total. The van der Waals surface area contributed by atoms with Gasteiger partial charge in [0.2, 0.25) is 0 Å². The van der Waals surface area contributed by atoms with Gasteiger partial charge in [-0.2, -0.15) is 0 Å². The molecule has 0 bridgehead atoms. The number of hydrogen-bond donors (Lipinski definition) is 0. The molecule has 0 spiro atoms. The van der Waals surface area contributed by atoms with Crippen LogP contribution in [0.5, 0.6) is 0 Å². The Morgan fingerprint density at radius 1 is 0.521 bits per heavy atom. The van der Waals surface area contributed by atoms with Crippen molar-refractivity contribution in [2.45, 2.75) is 19.3 Å². The Bertz CT molecular complexity index is 2660. The number of rotatable bonds is 4. The van der Waals surface area contributed by atoms with Crippen LogP contribution >= 0.6 is 11.3 Å². The maximum atomic E-state index is 6.54. The van der Waals surface area contributed by atoms with Gasteiger partial charge in [-0.25, -0.2) is 0 Å². The van der Waals surface area contributed by atoms with Crippen LogP contribution in [-0.2, 0) is 5.41 Å². The standard InChI is InChI=1S/C45H31NOS/c1-45(2)38-25-28(36-27-37-34-17-9-11-19-40(34)47-43(37)44-42(36)35-18-10-12-20-41(35)48-44)21-23-32(38)33-24-22-31(26-39(33)45)46(29-13-5-3-6-14-29)30-15-7-4-8-16-30/h3-27H,1-2H3. The van der Waals surface area contributed by atoms with Crippen molar-refractivity contribution in [2.24, 2.45) is 0 Å². The van der Waals surface area contributed by atoms with Crippen molar-refractivity contribution in [2.75, 3.05) is 4.90 Å². The van der Waals surface area contributed by atoms with Crippen LogP contribution in [0, 0.1) is 0 Å². The van der Waals surface area contributed by atoms with E-state index < -0.39 is 0 Å². The minimum Gasteiger partial charge on any atom is -0.455 e. The number of thiophene rings is 1. The molecule has 228 valence electrons. The Kier molecular flexibility index (Phi) is 5.82. The first-order valence-electron chi connectivity index (χ1n) is 16.5. The summed E-state index contributed by atoms with van der Waals surface area (Å²) in [6, 6.07) is 55.0. The summed E-state index contributed by atoms with van der Waals surface area (Å²) in [6.45, 7) is 4.76. The van der Waals surface area contributed by atoms with Gasteiger partial charge in [0.15, 0.2) is 5.58 Å². The molecule has 3 heteroatoms. The molecule has 48 heavy (non-hydrogen) atoms. The molecule has 2 heterocycles. The first-order valence-corrected chi connectivity index (χ1v) is 17.3. The second-order valence-corrected chi connectivity index (χ2v) is 14.4. The highest BCUT2D eigenvalue weighted by molar-refractivity contribution is 7.26. The highest BCUT2D eigenvalue weighted by atomic mass is 32.1. The Balaban J connectivity index is 1.16. The molecule has 0 aliphatic heterocycles. The van der Waals surface area contributed by atoms with Gasteiger partial charge in [-0.3, -0.25) is 0 Å². The third-order valence-corrected chi connectivity index (χ3v) is 11.4. The van der Waals surface area contributed by atoms with Gasteiger partial charge in [-0.1, -0.05) is 105 Å². The van der Waals surface area contributed by atoms with E-state index in [1.165, 1.54) is 58.9 Å².